The topological polar surface area (TPSA) is 77.2 Å². The summed E-state index contributed by atoms with van der Waals surface area (Å²) in [5, 5.41) is 2.84. The Bertz CT molecular complexity index is 351. The molecule has 17 heavy (non-hydrogen) atoms. The van der Waals surface area contributed by atoms with Gasteiger partial charge < -0.3 is 15.8 Å². The molecule has 3 N–H and O–H groups in total. The number of nitrogens with two attached hydrogens (primary N) is 1. The molecule has 1 heterocycles. The standard InChI is InChI=1S/C12H19N3O2/c1-9(8-17-2)6-15-12(16)5-11-4-3-10(13)7-14-11/h3-4,7,9H,5-6,8,13H2,1-2H3,(H,15,16). The fourth-order valence-electron chi connectivity index (χ4n) is 1.40. The van der Waals surface area contributed by atoms with E-state index in [1.165, 1.54) is 0 Å². The fraction of sp³-hybridized carbons (Fsp3) is 0.500. The van der Waals surface area contributed by atoms with E-state index in [4.69, 9.17) is 10.5 Å². The molecule has 0 saturated heterocycles. The molecule has 1 rings (SSSR count). The largest absolute Gasteiger partial charge is 0.397 e. The van der Waals surface area contributed by atoms with Crippen LogP contribution in [0.25, 0.3) is 0 Å². The van der Waals surface area contributed by atoms with Gasteiger partial charge in [-0.15, -0.1) is 0 Å². The lowest BCUT2D eigenvalue weighted by atomic mass is 10.2. The summed E-state index contributed by atoms with van der Waals surface area (Å²) < 4.78 is 4.99. The van der Waals surface area contributed by atoms with Gasteiger partial charge in [-0.1, -0.05) is 6.92 Å². The number of nitrogen functional groups attached to an aromatic ring is 1. The number of carbonyl (C=O) groups is 1. The van der Waals surface area contributed by atoms with E-state index < -0.39 is 0 Å². The van der Waals surface area contributed by atoms with Gasteiger partial charge in [0.2, 0.25) is 5.91 Å². The van der Waals surface area contributed by atoms with Gasteiger partial charge in [0.1, 0.15) is 0 Å². The smallest absolute Gasteiger partial charge is 0.226 e. The lowest BCUT2D eigenvalue weighted by molar-refractivity contribution is -0.120. The number of anilines is 1. The van der Waals surface area contributed by atoms with Crippen molar-refractivity contribution in [1.29, 1.82) is 0 Å². The SMILES string of the molecule is COCC(C)CNC(=O)Cc1ccc(N)cn1. The van der Waals surface area contributed by atoms with Crippen LogP contribution in [0.15, 0.2) is 18.3 Å². The van der Waals surface area contributed by atoms with E-state index in [1.54, 1.807) is 25.4 Å². The molecule has 0 aliphatic rings. The first-order valence-electron chi connectivity index (χ1n) is 5.58. The first kappa shape index (κ1) is 13.4. The second-order valence-corrected chi connectivity index (χ2v) is 4.12. The summed E-state index contributed by atoms with van der Waals surface area (Å²) in [6, 6.07) is 3.50. The molecule has 0 aliphatic heterocycles. The zero-order valence-electron chi connectivity index (χ0n) is 10.3. The van der Waals surface area contributed by atoms with Gasteiger partial charge >= 0.3 is 0 Å². The first-order valence-corrected chi connectivity index (χ1v) is 5.58. The van der Waals surface area contributed by atoms with Gasteiger partial charge in [0.25, 0.3) is 0 Å². The van der Waals surface area contributed by atoms with E-state index in [2.05, 4.69) is 10.3 Å². The van der Waals surface area contributed by atoms with Crippen LogP contribution in [0.1, 0.15) is 12.6 Å². The van der Waals surface area contributed by atoms with Gasteiger partial charge in [-0.2, -0.15) is 0 Å². The van der Waals surface area contributed by atoms with Crippen LogP contribution in [0.4, 0.5) is 5.69 Å². The van der Waals surface area contributed by atoms with Gasteiger partial charge in [-0.05, 0) is 18.1 Å². The van der Waals surface area contributed by atoms with E-state index in [1.807, 2.05) is 6.92 Å². The molecule has 0 radical (unpaired) electrons. The van der Waals surface area contributed by atoms with Crippen LogP contribution in [-0.2, 0) is 16.0 Å². The molecule has 5 heteroatoms. The third kappa shape index (κ3) is 5.31. The molecule has 1 atom stereocenters. The average Bonchev–Trinajstić information content (AvgIpc) is 2.30. The number of nitrogens with one attached hydrogen (secondary N) is 1. The molecular weight excluding hydrogens is 218 g/mol. The normalized spacial score (nSPS) is 12.1. The van der Waals surface area contributed by atoms with Gasteiger partial charge in [0.15, 0.2) is 0 Å². The number of pyridine rings is 1. The minimum Gasteiger partial charge on any atom is -0.397 e. The minimum absolute atomic E-state index is 0.0368. The second-order valence-electron chi connectivity index (χ2n) is 4.12. The van der Waals surface area contributed by atoms with Crippen LogP contribution >= 0.6 is 0 Å². The Morgan fingerprint density at radius 2 is 2.35 bits per heavy atom. The fourth-order valence-corrected chi connectivity index (χ4v) is 1.40. The minimum atomic E-state index is -0.0368. The van der Waals surface area contributed by atoms with Crippen molar-refractivity contribution in [2.45, 2.75) is 13.3 Å². The zero-order chi connectivity index (χ0) is 12.7. The zero-order valence-corrected chi connectivity index (χ0v) is 10.3. The molecule has 0 aromatic carbocycles. The van der Waals surface area contributed by atoms with Gasteiger partial charge in [0.05, 0.1) is 24.9 Å². The van der Waals surface area contributed by atoms with Crippen LogP contribution in [0.3, 0.4) is 0 Å². The lowest BCUT2D eigenvalue weighted by Gasteiger charge is -2.11. The molecule has 0 saturated carbocycles. The highest BCUT2D eigenvalue weighted by molar-refractivity contribution is 5.78. The van der Waals surface area contributed by atoms with Crippen LogP contribution in [0.5, 0.6) is 0 Å². The van der Waals surface area contributed by atoms with Crippen molar-refractivity contribution in [2.24, 2.45) is 5.92 Å². The monoisotopic (exact) mass is 237 g/mol. The van der Waals surface area contributed by atoms with E-state index in [-0.39, 0.29) is 12.3 Å². The highest BCUT2D eigenvalue weighted by Crippen LogP contribution is 2.01. The van der Waals surface area contributed by atoms with Crippen LogP contribution < -0.4 is 11.1 Å². The van der Waals surface area contributed by atoms with E-state index >= 15 is 0 Å². The summed E-state index contributed by atoms with van der Waals surface area (Å²) >= 11 is 0. The number of hydrogen-bond donors (Lipinski definition) is 2. The Balaban J connectivity index is 2.32. The molecule has 0 fully saturated rings. The predicted molar refractivity (Wildman–Crippen MR) is 66.4 cm³/mol. The number of methoxy groups -OCH3 is 1. The number of ether oxygens (including phenoxy) is 1. The quantitative estimate of drug-likeness (QED) is 0.759. The van der Waals surface area contributed by atoms with Gasteiger partial charge in [-0.3, -0.25) is 9.78 Å². The van der Waals surface area contributed by atoms with Crippen LogP contribution in [0.2, 0.25) is 0 Å². The van der Waals surface area contributed by atoms with Crippen molar-refractivity contribution in [1.82, 2.24) is 10.3 Å². The summed E-state index contributed by atoms with van der Waals surface area (Å²) in [7, 11) is 1.65. The first-order chi connectivity index (χ1) is 8.11. The molecule has 5 nitrogen and oxygen atoms in total. The molecule has 0 spiro atoms. The lowest BCUT2D eigenvalue weighted by Crippen LogP contribution is -2.31. The van der Waals surface area contributed by atoms with Crippen molar-refractivity contribution in [3.8, 4) is 0 Å². The average molecular weight is 237 g/mol. The van der Waals surface area contributed by atoms with Gasteiger partial charge in [0, 0.05) is 19.3 Å². The van der Waals surface area contributed by atoms with Crippen molar-refractivity contribution in [3.05, 3.63) is 24.0 Å². The van der Waals surface area contributed by atoms with Crippen molar-refractivity contribution < 1.29 is 9.53 Å². The number of amides is 1. The third-order valence-electron chi connectivity index (χ3n) is 2.29. The number of carbonyl (C=O) groups excluding carboxylic acids is 1. The number of nitrogens with zero attached hydrogens (tertiary/aromatic N) is 1. The molecule has 1 aromatic heterocycles. The predicted octanol–water partition coefficient (Wildman–Crippen LogP) is 0.605. The number of rotatable bonds is 6. The van der Waals surface area contributed by atoms with Gasteiger partial charge in [-0.25, -0.2) is 0 Å². The number of hydrogen-bond acceptors (Lipinski definition) is 4. The van der Waals surface area contributed by atoms with Crippen LogP contribution in [-0.4, -0.2) is 31.2 Å². The van der Waals surface area contributed by atoms with Crippen LogP contribution in [0, 0.1) is 5.92 Å². The Morgan fingerprint density at radius 3 is 2.94 bits per heavy atom. The molecule has 1 amide bonds. The molecule has 94 valence electrons. The van der Waals surface area contributed by atoms with Crippen molar-refractivity contribution >= 4 is 11.6 Å². The van der Waals surface area contributed by atoms with E-state index in [0.29, 0.717) is 24.8 Å². The van der Waals surface area contributed by atoms with E-state index in [0.717, 1.165) is 5.69 Å². The maximum Gasteiger partial charge on any atom is 0.226 e. The summed E-state index contributed by atoms with van der Waals surface area (Å²) in [5.41, 5.74) is 6.83. The Labute approximate surface area is 101 Å². The molecular formula is C12H19N3O2. The van der Waals surface area contributed by atoms with Crippen molar-refractivity contribution in [3.63, 3.8) is 0 Å². The Kier molecular flexibility index (Phi) is 5.42. The molecule has 0 bridgehead atoms. The Hall–Kier alpha value is -1.62. The van der Waals surface area contributed by atoms with E-state index in [9.17, 15) is 4.79 Å². The van der Waals surface area contributed by atoms with Crippen molar-refractivity contribution in [2.75, 3.05) is 26.0 Å². The maximum absolute atomic E-state index is 11.6. The maximum atomic E-state index is 11.6. The summed E-state index contributed by atoms with van der Waals surface area (Å²) in [4.78, 5) is 15.7. The molecule has 1 aromatic rings. The highest BCUT2D eigenvalue weighted by atomic mass is 16.5. The summed E-state index contributed by atoms with van der Waals surface area (Å²) in [5.74, 6) is 0.272. The summed E-state index contributed by atoms with van der Waals surface area (Å²) in [6.07, 6.45) is 1.83. The molecule has 1 unspecified atom stereocenters. The highest BCUT2D eigenvalue weighted by Gasteiger charge is 2.06. The summed E-state index contributed by atoms with van der Waals surface area (Å²) in [6.45, 7) is 3.27. The third-order valence-corrected chi connectivity index (χ3v) is 2.29. The second kappa shape index (κ2) is 6.85. The Morgan fingerprint density at radius 1 is 1.59 bits per heavy atom. The molecule has 0 aliphatic carbocycles. The number of aromatic nitrogens is 1.